The number of fused-ring (bicyclic) bond motifs is 1. The summed E-state index contributed by atoms with van der Waals surface area (Å²) < 4.78 is 0. The maximum atomic E-state index is 11.9. The largest absolute Gasteiger partial charge is 0.390 e. The van der Waals surface area contributed by atoms with Crippen LogP contribution in [0.15, 0.2) is 18.5 Å². The van der Waals surface area contributed by atoms with Gasteiger partial charge in [0, 0.05) is 23.8 Å². The number of primary amides is 1. The summed E-state index contributed by atoms with van der Waals surface area (Å²) in [5.74, 6) is 1.12. The van der Waals surface area contributed by atoms with Crippen LogP contribution in [0, 0.1) is 17.8 Å². The summed E-state index contributed by atoms with van der Waals surface area (Å²) >= 11 is 0. The van der Waals surface area contributed by atoms with Gasteiger partial charge in [0.15, 0.2) is 0 Å². The molecule has 134 valence electrons. The molecular formula is C18H23BrN4O2. The number of hydrogen-bond donors (Lipinski definition) is 4. The van der Waals surface area contributed by atoms with Crippen LogP contribution >= 0.6 is 17.0 Å². The molecule has 6 nitrogen and oxygen atoms in total. The highest BCUT2D eigenvalue weighted by molar-refractivity contribution is 8.93. The molecule has 4 fully saturated rings. The molecule has 0 aliphatic heterocycles. The number of nitrogens with zero attached hydrogens (tertiary/aromatic N) is 1. The number of anilines is 1. The van der Waals surface area contributed by atoms with Crippen molar-refractivity contribution in [2.75, 3.05) is 5.32 Å². The number of aromatic amines is 1. The fourth-order valence-electron chi connectivity index (χ4n) is 5.73. The third-order valence-electron chi connectivity index (χ3n) is 6.40. The predicted octanol–water partition coefficient (Wildman–Crippen LogP) is 2.59. The Labute approximate surface area is 156 Å². The van der Waals surface area contributed by atoms with Gasteiger partial charge in [-0.3, -0.25) is 4.79 Å². The lowest BCUT2D eigenvalue weighted by atomic mass is 9.52. The average molecular weight is 407 g/mol. The number of halogens is 1. The molecule has 0 unspecified atom stereocenters. The van der Waals surface area contributed by atoms with E-state index in [1.807, 2.05) is 12.3 Å². The number of rotatable bonds is 3. The minimum atomic E-state index is -0.462. The van der Waals surface area contributed by atoms with Crippen LogP contribution in [0.5, 0.6) is 0 Å². The first-order valence-electron chi connectivity index (χ1n) is 8.77. The SMILES string of the molecule is Br.NC(=O)c1cnc2[nH]ccc2c1N[C@@H]1[C@@H]2C[C@@H]3C[C@H]1C[C@@](O)(C3)C2. The zero-order valence-corrected chi connectivity index (χ0v) is 15.6. The van der Waals surface area contributed by atoms with Gasteiger partial charge >= 0.3 is 0 Å². The van der Waals surface area contributed by atoms with Gasteiger partial charge in [-0.2, -0.15) is 0 Å². The predicted molar refractivity (Wildman–Crippen MR) is 101 cm³/mol. The Morgan fingerprint density at radius 2 is 2.04 bits per heavy atom. The number of pyridine rings is 1. The first-order chi connectivity index (χ1) is 11.5. The van der Waals surface area contributed by atoms with Crippen molar-refractivity contribution in [1.29, 1.82) is 0 Å². The van der Waals surface area contributed by atoms with Crippen molar-refractivity contribution in [2.24, 2.45) is 23.5 Å². The van der Waals surface area contributed by atoms with Crippen LogP contribution in [-0.4, -0.2) is 32.6 Å². The van der Waals surface area contributed by atoms with Gasteiger partial charge in [-0.1, -0.05) is 0 Å². The van der Waals surface area contributed by atoms with Crippen LogP contribution in [0.2, 0.25) is 0 Å². The number of aromatic nitrogens is 2. The van der Waals surface area contributed by atoms with Crippen LogP contribution in [0.1, 0.15) is 42.5 Å². The van der Waals surface area contributed by atoms with Crippen molar-refractivity contribution in [2.45, 2.75) is 43.7 Å². The first-order valence-corrected chi connectivity index (χ1v) is 8.77. The first kappa shape index (κ1) is 16.8. The quantitative estimate of drug-likeness (QED) is 0.628. The Morgan fingerprint density at radius 1 is 1.32 bits per heavy atom. The van der Waals surface area contributed by atoms with Crippen LogP contribution in [0.4, 0.5) is 5.69 Å². The van der Waals surface area contributed by atoms with E-state index in [2.05, 4.69) is 15.3 Å². The molecule has 0 radical (unpaired) electrons. The van der Waals surface area contributed by atoms with E-state index in [1.54, 1.807) is 6.20 Å². The second kappa shape index (κ2) is 5.71. The molecule has 4 aliphatic rings. The van der Waals surface area contributed by atoms with E-state index < -0.39 is 11.5 Å². The smallest absolute Gasteiger partial charge is 0.252 e. The Hall–Kier alpha value is -1.60. The van der Waals surface area contributed by atoms with E-state index >= 15 is 0 Å². The fourth-order valence-corrected chi connectivity index (χ4v) is 5.73. The Bertz CT molecular complexity index is 820. The fraction of sp³-hybridized carbons (Fsp3) is 0.556. The van der Waals surface area contributed by atoms with Crippen molar-refractivity contribution in [3.63, 3.8) is 0 Å². The lowest BCUT2D eigenvalue weighted by Crippen LogP contribution is -2.59. The van der Waals surface area contributed by atoms with E-state index in [1.165, 1.54) is 12.8 Å². The Morgan fingerprint density at radius 3 is 2.68 bits per heavy atom. The molecule has 2 aromatic heterocycles. The molecule has 5 atom stereocenters. The molecule has 2 heterocycles. The van der Waals surface area contributed by atoms with Crippen molar-refractivity contribution in [3.05, 3.63) is 24.0 Å². The van der Waals surface area contributed by atoms with Gasteiger partial charge < -0.3 is 21.1 Å². The minimum Gasteiger partial charge on any atom is -0.390 e. The van der Waals surface area contributed by atoms with E-state index in [9.17, 15) is 9.90 Å². The van der Waals surface area contributed by atoms with E-state index in [-0.39, 0.29) is 17.0 Å². The number of nitrogens with two attached hydrogens (primary N) is 1. The van der Waals surface area contributed by atoms with Gasteiger partial charge in [0.25, 0.3) is 5.91 Å². The molecular weight excluding hydrogens is 384 g/mol. The number of aliphatic hydroxyl groups is 1. The van der Waals surface area contributed by atoms with E-state index in [0.717, 1.165) is 36.0 Å². The van der Waals surface area contributed by atoms with E-state index in [4.69, 9.17) is 5.73 Å². The number of carbonyl (C=O) groups is 1. The van der Waals surface area contributed by atoms with Crippen LogP contribution in [0.25, 0.3) is 11.0 Å². The number of H-pyrrole nitrogens is 1. The molecule has 1 amide bonds. The number of nitrogens with one attached hydrogen (secondary N) is 2. The third-order valence-corrected chi connectivity index (χ3v) is 6.40. The Balaban J connectivity index is 0.00000157. The Kier molecular flexibility index (Phi) is 3.85. The van der Waals surface area contributed by atoms with Gasteiger partial charge in [0.2, 0.25) is 0 Å². The normalized spacial score (nSPS) is 35.6. The topological polar surface area (TPSA) is 104 Å². The summed E-state index contributed by atoms with van der Waals surface area (Å²) in [5.41, 5.74) is 7.10. The summed E-state index contributed by atoms with van der Waals surface area (Å²) in [6.07, 6.45) is 8.42. The summed E-state index contributed by atoms with van der Waals surface area (Å²) in [6, 6.07) is 2.22. The second-order valence-corrected chi connectivity index (χ2v) is 8.02. The maximum absolute atomic E-state index is 11.9. The van der Waals surface area contributed by atoms with Gasteiger partial charge in [-0.25, -0.2) is 4.98 Å². The molecule has 4 saturated carbocycles. The maximum Gasteiger partial charge on any atom is 0.252 e. The van der Waals surface area contributed by atoms with Gasteiger partial charge in [0.05, 0.1) is 16.9 Å². The monoisotopic (exact) mass is 406 g/mol. The standard InChI is InChI=1S/C18H22N4O2.BrH/c19-16(23)13-8-21-17-12(1-2-20-17)15(13)22-14-10-3-9-4-11(14)7-18(24,5-9)6-10;/h1-2,8-11,14,24H,3-7H2,(H2,19,23)(H2,20,21,22);1H/t9-,10-,11+,14-,18-;. The zero-order valence-electron chi connectivity index (χ0n) is 13.9. The van der Waals surface area contributed by atoms with Crippen LogP contribution in [-0.2, 0) is 0 Å². The lowest BCUT2D eigenvalue weighted by Gasteiger charge is -2.58. The summed E-state index contributed by atoms with van der Waals surface area (Å²) in [6.45, 7) is 0. The number of amides is 1. The highest BCUT2D eigenvalue weighted by atomic mass is 79.9. The molecule has 6 rings (SSSR count). The van der Waals surface area contributed by atoms with Crippen molar-refractivity contribution in [3.8, 4) is 0 Å². The van der Waals surface area contributed by atoms with E-state index in [0.29, 0.717) is 29.4 Å². The van der Waals surface area contributed by atoms with Crippen molar-refractivity contribution < 1.29 is 9.90 Å². The third kappa shape index (κ3) is 2.56. The van der Waals surface area contributed by atoms with Crippen LogP contribution < -0.4 is 11.1 Å². The van der Waals surface area contributed by atoms with Crippen molar-refractivity contribution >= 4 is 39.6 Å². The van der Waals surface area contributed by atoms with Crippen molar-refractivity contribution in [1.82, 2.24) is 9.97 Å². The highest BCUT2D eigenvalue weighted by Crippen LogP contribution is 2.56. The zero-order chi connectivity index (χ0) is 16.5. The molecule has 0 aromatic carbocycles. The lowest BCUT2D eigenvalue weighted by molar-refractivity contribution is -0.129. The molecule has 2 aromatic rings. The molecule has 25 heavy (non-hydrogen) atoms. The number of hydrogen-bond acceptors (Lipinski definition) is 4. The highest BCUT2D eigenvalue weighted by Gasteiger charge is 2.54. The average Bonchev–Trinajstić information content (AvgIpc) is 2.97. The van der Waals surface area contributed by atoms with Gasteiger partial charge in [-0.05, 0) is 55.9 Å². The summed E-state index contributed by atoms with van der Waals surface area (Å²) in [5, 5.41) is 15.3. The van der Waals surface area contributed by atoms with Gasteiger partial charge in [-0.15, -0.1) is 17.0 Å². The van der Waals surface area contributed by atoms with Crippen LogP contribution in [0.3, 0.4) is 0 Å². The molecule has 4 aliphatic carbocycles. The summed E-state index contributed by atoms with van der Waals surface area (Å²) in [4.78, 5) is 19.3. The second-order valence-electron chi connectivity index (χ2n) is 8.02. The van der Waals surface area contributed by atoms with Gasteiger partial charge in [0.1, 0.15) is 5.65 Å². The molecule has 0 spiro atoms. The molecule has 7 heteroatoms. The molecule has 5 N–H and O–H groups in total. The molecule has 0 saturated heterocycles. The summed E-state index contributed by atoms with van der Waals surface area (Å²) in [7, 11) is 0. The number of carbonyl (C=O) groups excluding carboxylic acids is 1. The molecule has 4 bridgehead atoms. The minimum absolute atomic E-state index is 0.